The van der Waals surface area contributed by atoms with E-state index in [1.807, 2.05) is 54.6 Å². The van der Waals surface area contributed by atoms with Crippen molar-refractivity contribution in [1.29, 1.82) is 0 Å². The fraction of sp³-hybridized carbons (Fsp3) is 0.0556. The highest BCUT2D eigenvalue weighted by Crippen LogP contribution is 2.33. The standard InChI is InChI=1S/C18H15NO3/c1-12-15(18(20)21)11-16(19-12)14-9-5-6-10-17(14)22-13-7-3-2-4-8-13/h2-11,19H,1H3,(H,20,21). The predicted molar refractivity (Wildman–Crippen MR) is 84.4 cm³/mol. The minimum absolute atomic E-state index is 0.268. The first-order chi connectivity index (χ1) is 10.6. The maximum absolute atomic E-state index is 11.2. The molecule has 0 atom stereocenters. The molecule has 0 amide bonds. The molecule has 0 saturated heterocycles. The lowest BCUT2D eigenvalue weighted by atomic mass is 10.1. The fourth-order valence-electron chi connectivity index (χ4n) is 2.32. The van der Waals surface area contributed by atoms with Gasteiger partial charge in [0.2, 0.25) is 0 Å². The van der Waals surface area contributed by atoms with E-state index in [1.54, 1.807) is 13.0 Å². The van der Waals surface area contributed by atoms with Crippen LogP contribution in [0.2, 0.25) is 0 Å². The summed E-state index contributed by atoms with van der Waals surface area (Å²) in [7, 11) is 0. The molecule has 4 heteroatoms. The van der Waals surface area contributed by atoms with Crippen LogP contribution in [-0.4, -0.2) is 16.1 Å². The minimum Gasteiger partial charge on any atom is -0.478 e. The molecule has 0 aliphatic heterocycles. The molecular formula is C18H15NO3. The summed E-state index contributed by atoms with van der Waals surface area (Å²) in [5, 5.41) is 9.18. The van der Waals surface area contributed by atoms with Crippen LogP contribution in [0, 0.1) is 6.92 Å². The van der Waals surface area contributed by atoms with Crippen molar-refractivity contribution in [2.75, 3.05) is 0 Å². The van der Waals surface area contributed by atoms with Gasteiger partial charge in [-0.05, 0) is 37.3 Å². The molecule has 0 spiro atoms. The van der Waals surface area contributed by atoms with Crippen molar-refractivity contribution in [3.8, 4) is 22.8 Å². The smallest absolute Gasteiger partial charge is 0.337 e. The number of hydrogen-bond acceptors (Lipinski definition) is 2. The largest absolute Gasteiger partial charge is 0.478 e. The molecule has 1 heterocycles. The Kier molecular flexibility index (Phi) is 3.66. The SMILES string of the molecule is Cc1[nH]c(-c2ccccc2Oc2ccccc2)cc1C(=O)O. The number of hydrogen-bond donors (Lipinski definition) is 2. The Hall–Kier alpha value is -3.01. The molecule has 0 fully saturated rings. The van der Waals surface area contributed by atoms with Gasteiger partial charge in [0.05, 0.1) is 11.3 Å². The van der Waals surface area contributed by atoms with Crippen molar-refractivity contribution >= 4 is 5.97 Å². The topological polar surface area (TPSA) is 62.3 Å². The van der Waals surface area contributed by atoms with E-state index in [0.717, 1.165) is 17.0 Å². The molecule has 0 aliphatic rings. The van der Waals surface area contributed by atoms with Crippen molar-refractivity contribution in [2.45, 2.75) is 6.92 Å². The number of rotatable bonds is 4. The molecule has 22 heavy (non-hydrogen) atoms. The minimum atomic E-state index is -0.943. The normalized spacial score (nSPS) is 10.4. The maximum atomic E-state index is 11.2. The van der Waals surface area contributed by atoms with Crippen molar-refractivity contribution in [3.05, 3.63) is 71.9 Å². The van der Waals surface area contributed by atoms with Gasteiger partial charge in [0.1, 0.15) is 11.5 Å². The van der Waals surface area contributed by atoms with Crippen molar-refractivity contribution in [3.63, 3.8) is 0 Å². The molecule has 3 aromatic rings. The van der Waals surface area contributed by atoms with Gasteiger partial charge >= 0.3 is 5.97 Å². The highest BCUT2D eigenvalue weighted by Gasteiger charge is 2.15. The van der Waals surface area contributed by atoms with Crippen LogP contribution in [0.15, 0.2) is 60.7 Å². The van der Waals surface area contributed by atoms with Crippen molar-refractivity contribution < 1.29 is 14.6 Å². The van der Waals surface area contributed by atoms with Crippen molar-refractivity contribution in [1.82, 2.24) is 4.98 Å². The number of aromatic carboxylic acids is 1. The van der Waals surface area contributed by atoms with Crippen LogP contribution in [0.25, 0.3) is 11.3 Å². The average molecular weight is 293 g/mol. The summed E-state index contributed by atoms with van der Waals surface area (Å²) in [6.45, 7) is 1.74. The van der Waals surface area contributed by atoms with E-state index in [-0.39, 0.29) is 5.56 Å². The van der Waals surface area contributed by atoms with Crippen LogP contribution in [0.5, 0.6) is 11.5 Å². The van der Waals surface area contributed by atoms with Crippen LogP contribution in [0.4, 0.5) is 0 Å². The third-order valence-corrected chi connectivity index (χ3v) is 3.39. The highest BCUT2D eigenvalue weighted by molar-refractivity contribution is 5.91. The fourth-order valence-corrected chi connectivity index (χ4v) is 2.32. The molecule has 2 aromatic carbocycles. The summed E-state index contributed by atoms with van der Waals surface area (Å²) >= 11 is 0. The first kappa shape index (κ1) is 13.9. The van der Waals surface area contributed by atoms with Gasteiger partial charge in [-0.15, -0.1) is 0 Å². The van der Waals surface area contributed by atoms with Crippen LogP contribution in [0.3, 0.4) is 0 Å². The zero-order valence-electron chi connectivity index (χ0n) is 12.0. The molecule has 0 bridgehead atoms. The molecule has 0 saturated carbocycles. The van der Waals surface area contributed by atoms with Gasteiger partial charge in [-0.25, -0.2) is 4.79 Å². The molecule has 0 radical (unpaired) electrons. The zero-order valence-corrected chi connectivity index (χ0v) is 12.0. The van der Waals surface area contributed by atoms with E-state index in [9.17, 15) is 9.90 Å². The summed E-state index contributed by atoms with van der Waals surface area (Å²) in [4.78, 5) is 14.3. The highest BCUT2D eigenvalue weighted by atomic mass is 16.5. The number of carbonyl (C=O) groups is 1. The molecule has 0 aliphatic carbocycles. The lowest BCUT2D eigenvalue weighted by Crippen LogP contribution is -1.95. The van der Waals surface area contributed by atoms with Gasteiger partial charge < -0.3 is 14.8 Å². The number of nitrogens with one attached hydrogen (secondary N) is 1. The monoisotopic (exact) mass is 293 g/mol. The van der Waals surface area contributed by atoms with E-state index in [2.05, 4.69) is 4.98 Å². The summed E-state index contributed by atoms with van der Waals surface area (Å²) < 4.78 is 5.91. The Morgan fingerprint density at radius 2 is 1.73 bits per heavy atom. The number of benzene rings is 2. The molecule has 0 unspecified atom stereocenters. The lowest BCUT2D eigenvalue weighted by molar-refractivity contribution is 0.0696. The van der Waals surface area contributed by atoms with E-state index in [4.69, 9.17) is 4.74 Å². The molecule has 4 nitrogen and oxygen atoms in total. The first-order valence-corrected chi connectivity index (χ1v) is 6.90. The summed E-state index contributed by atoms with van der Waals surface area (Å²) in [5.74, 6) is 0.463. The van der Waals surface area contributed by atoms with Crippen LogP contribution in [0.1, 0.15) is 16.1 Å². The van der Waals surface area contributed by atoms with Gasteiger partial charge in [-0.3, -0.25) is 0 Å². The molecule has 3 rings (SSSR count). The Morgan fingerprint density at radius 3 is 2.41 bits per heavy atom. The molecular weight excluding hydrogens is 278 g/mol. The summed E-state index contributed by atoms with van der Waals surface area (Å²) in [6, 6.07) is 18.6. The second kappa shape index (κ2) is 5.77. The van der Waals surface area contributed by atoms with E-state index in [1.165, 1.54) is 0 Å². The number of carboxylic acid groups (broad SMARTS) is 1. The number of para-hydroxylation sites is 2. The summed E-state index contributed by atoms with van der Waals surface area (Å²) in [6.07, 6.45) is 0. The Morgan fingerprint density at radius 1 is 1.05 bits per heavy atom. The lowest BCUT2D eigenvalue weighted by Gasteiger charge is -2.10. The maximum Gasteiger partial charge on any atom is 0.337 e. The predicted octanol–water partition coefficient (Wildman–Crippen LogP) is 4.48. The number of aromatic amines is 1. The first-order valence-electron chi connectivity index (χ1n) is 6.90. The second-order valence-corrected chi connectivity index (χ2v) is 4.94. The van der Waals surface area contributed by atoms with Crippen molar-refractivity contribution in [2.24, 2.45) is 0 Å². The van der Waals surface area contributed by atoms with E-state index < -0.39 is 5.97 Å². The van der Waals surface area contributed by atoms with Gasteiger partial charge in [-0.2, -0.15) is 0 Å². The van der Waals surface area contributed by atoms with Crippen LogP contribution < -0.4 is 4.74 Å². The second-order valence-electron chi connectivity index (χ2n) is 4.94. The van der Waals surface area contributed by atoms with Gasteiger partial charge in [0.15, 0.2) is 0 Å². The quantitative estimate of drug-likeness (QED) is 0.745. The van der Waals surface area contributed by atoms with E-state index in [0.29, 0.717) is 11.4 Å². The number of carboxylic acids is 1. The molecule has 110 valence electrons. The zero-order chi connectivity index (χ0) is 15.5. The van der Waals surface area contributed by atoms with Crippen LogP contribution in [-0.2, 0) is 0 Å². The Labute approximate surface area is 128 Å². The Bertz CT molecular complexity index is 806. The molecule has 1 aromatic heterocycles. The third kappa shape index (κ3) is 2.72. The number of H-pyrrole nitrogens is 1. The van der Waals surface area contributed by atoms with Crippen LogP contribution >= 0.6 is 0 Å². The third-order valence-electron chi connectivity index (χ3n) is 3.39. The molecule has 2 N–H and O–H groups in total. The number of aromatic nitrogens is 1. The van der Waals surface area contributed by atoms with Gasteiger partial charge in [-0.1, -0.05) is 30.3 Å². The van der Waals surface area contributed by atoms with Gasteiger partial charge in [0.25, 0.3) is 0 Å². The number of aryl methyl sites for hydroxylation is 1. The summed E-state index contributed by atoms with van der Waals surface area (Å²) in [5.41, 5.74) is 2.44. The number of ether oxygens (including phenoxy) is 1. The van der Waals surface area contributed by atoms with E-state index >= 15 is 0 Å². The Balaban J connectivity index is 2.01. The average Bonchev–Trinajstić information content (AvgIpc) is 2.91. The van der Waals surface area contributed by atoms with Gasteiger partial charge in [0, 0.05) is 11.3 Å².